The van der Waals surface area contributed by atoms with Gasteiger partial charge < -0.3 is 14.2 Å². The first kappa shape index (κ1) is 23.6. The number of aromatic nitrogens is 2. The van der Waals surface area contributed by atoms with E-state index in [1.807, 2.05) is 6.07 Å². The lowest BCUT2D eigenvalue weighted by Gasteiger charge is -2.08. The summed E-state index contributed by atoms with van der Waals surface area (Å²) in [5.41, 5.74) is 1.82. The number of carbonyl (C=O) groups excluding carboxylic acids is 2. The minimum Gasteiger partial charge on any atom is -0.486 e. The highest BCUT2D eigenvalue weighted by molar-refractivity contribution is 6.06. The van der Waals surface area contributed by atoms with Gasteiger partial charge in [0.25, 0.3) is 0 Å². The first-order chi connectivity index (χ1) is 16.9. The Morgan fingerprint density at radius 1 is 0.857 bits per heavy atom. The number of benzene rings is 3. The molecular weight excluding hydrogens is 458 g/mol. The molecule has 0 radical (unpaired) electrons. The Balaban J connectivity index is 1.72. The third-order valence-electron chi connectivity index (χ3n) is 5.19. The Morgan fingerprint density at radius 2 is 1.54 bits per heavy atom. The molecule has 0 saturated carbocycles. The highest BCUT2D eigenvalue weighted by Gasteiger charge is 2.31. The molecule has 9 heteroatoms. The molecule has 3 aromatic carbocycles. The zero-order chi connectivity index (χ0) is 24.9. The molecule has 0 spiro atoms. The predicted octanol–water partition coefficient (Wildman–Crippen LogP) is 4.97. The number of nitrogens with zero attached hydrogens (tertiary/aromatic N) is 2. The number of esters is 2. The van der Waals surface area contributed by atoms with Gasteiger partial charge in [-0.25, -0.2) is 18.7 Å². The second-order valence-electron chi connectivity index (χ2n) is 7.34. The monoisotopic (exact) mass is 478 g/mol. The first-order valence-electron chi connectivity index (χ1n) is 10.5. The number of methoxy groups -OCH3 is 2. The minimum atomic E-state index is -1.06. The number of ether oxygens (including phenoxy) is 3. The van der Waals surface area contributed by atoms with Crippen LogP contribution in [0.25, 0.3) is 16.9 Å². The van der Waals surface area contributed by atoms with Crippen molar-refractivity contribution in [2.24, 2.45) is 0 Å². The van der Waals surface area contributed by atoms with Gasteiger partial charge in [0.05, 0.1) is 19.9 Å². The van der Waals surface area contributed by atoms with Crippen LogP contribution in [0.5, 0.6) is 5.75 Å². The molecule has 0 saturated heterocycles. The number of hydrogen-bond donors (Lipinski definition) is 0. The molecule has 7 nitrogen and oxygen atoms in total. The van der Waals surface area contributed by atoms with Gasteiger partial charge in [0.1, 0.15) is 17.9 Å². The molecule has 4 aromatic rings. The van der Waals surface area contributed by atoms with Crippen LogP contribution in [0.3, 0.4) is 0 Å². The molecule has 0 amide bonds. The second kappa shape index (κ2) is 10.2. The van der Waals surface area contributed by atoms with Gasteiger partial charge in [-0.2, -0.15) is 9.49 Å². The highest BCUT2D eigenvalue weighted by Crippen LogP contribution is 2.30. The van der Waals surface area contributed by atoms with E-state index in [9.17, 15) is 18.4 Å². The van der Waals surface area contributed by atoms with Crippen LogP contribution < -0.4 is 4.74 Å². The van der Waals surface area contributed by atoms with E-state index in [0.29, 0.717) is 16.8 Å². The third kappa shape index (κ3) is 4.74. The fraction of sp³-hybridized carbons (Fsp3) is 0.115. The van der Waals surface area contributed by atoms with Crippen molar-refractivity contribution in [1.82, 2.24) is 9.78 Å². The van der Waals surface area contributed by atoms with Crippen molar-refractivity contribution < 1.29 is 32.6 Å². The minimum absolute atomic E-state index is 0.0175. The van der Waals surface area contributed by atoms with Gasteiger partial charge in [-0.15, -0.1) is 0 Å². The summed E-state index contributed by atoms with van der Waals surface area (Å²) in [6.07, 6.45) is 0. The number of para-hydroxylation sites is 1. The zero-order valence-electron chi connectivity index (χ0n) is 18.8. The van der Waals surface area contributed by atoms with Gasteiger partial charge in [-0.1, -0.05) is 48.5 Å². The number of rotatable bonds is 7. The van der Waals surface area contributed by atoms with Crippen molar-refractivity contribution in [1.29, 1.82) is 0 Å². The zero-order valence-corrected chi connectivity index (χ0v) is 18.8. The summed E-state index contributed by atoms with van der Waals surface area (Å²) >= 11 is 0. The SMILES string of the molecule is COC(=O)c1c(-c2ccc(COc3cccc(F)c3F)cc2)nn(-c2ccccc2)c1C(=O)OC. The van der Waals surface area contributed by atoms with E-state index in [1.54, 1.807) is 48.5 Å². The van der Waals surface area contributed by atoms with Crippen molar-refractivity contribution in [2.75, 3.05) is 14.2 Å². The van der Waals surface area contributed by atoms with Crippen molar-refractivity contribution in [3.63, 3.8) is 0 Å². The molecule has 178 valence electrons. The molecule has 0 fully saturated rings. The molecular formula is C26H20F2N2O5. The molecule has 0 unspecified atom stereocenters. The Morgan fingerprint density at radius 3 is 2.20 bits per heavy atom. The molecule has 0 bridgehead atoms. The second-order valence-corrected chi connectivity index (χ2v) is 7.34. The van der Waals surface area contributed by atoms with Gasteiger partial charge in [0.2, 0.25) is 5.82 Å². The summed E-state index contributed by atoms with van der Waals surface area (Å²) in [5, 5.41) is 4.53. The van der Waals surface area contributed by atoms with Crippen molar-refractivity contribution in [3.05, 3.63) is 101 Å². The standard InChI is InChI=1S/C26H20F2N2O5/c1-33-25(31)21-23(29-30(24(21)26(32)34-2)18-7-4-3-5-8-18)17-13-11-16(12-14-17)15-35-20-10-6-9-19(27)22(20)28/h3-14H,15H2,1-2H3. The average Bonchev–Trinajstić information content (AvgIpc) is 3.30. The largest absolute Gasteiger partial charge is 0.486 e. The molecule has 1 aromatic heterocycles. The van der Waals surface area contributed by atoms with Crippen LogP contribution in [0.15, 0.2) is 72.8 Å². The van der Waals surface area contributed by atoms with Crippen LogP contribution >= 0.6 is 0 Å². The molecule has 35 heavy (non-hydrogen) atoms. The summed E-state index contributed by atoms with van der Waals surface area (Å²) < 4.78 is 43.8. The van der Waals surface area contributed by atoms with Gasteiger partial charge in [0.15, 0.2) is 17.3 Å². The van der Waals surface area contributed by atoms with E-state index in [-0.39, 0.29) is 29.3 Å². The van der Waals surface area contributed by atoms with E-state index in [0.717, 1.165) is 6.07 Å². The predicted molar refractivity (Wildman–Crippen MR) is 122 cm³/mol. The van der Waals surface area contributed by atoms with Crippen LogP contribution in [-0.4, -0.2) is 35.9 Å². The quantitative estimate of drug-likeness (QED) is 0.349. The normalized spacial score (nSPS) is 10.6. The number of carbonyl (C=O) groups is 2. The molecule has 0 aliphatic rings. The van der Waals surface area contributed by atoms with E-state index in [2.05, 4.69) is 5.10 Å². The molecule has 4 rings (SSSR count). The van der Waals surface area contributed by atoms with E-state index >= 15 is 0 Å². The van der Waals surface area contributed by atoms with Crippen molar-refractivity contribution in [2.45, 2.75) is 6.61 Å². The summed E-state index contributed by atoms with van der Waals surface area (Å²) in [7, 11) is 2.42. The topological polar surface area (TPSA) is 79.7 Å². The lowest BCUT2D eigenvalue weighted by Crippen LogP contribution is -2.15. The van der Waals surface area contributed by atoms with Gasteiger partial charge in [0, 0.05) is 5.56 Å². The smallest absolute Gasteiger partial charge is 0.357 e. The summed E-state index contributed by atoms with van der Waals surface area (Å²) in [6.45, 7) is -0.0175. The Hall–Kier alpha value is -4.53. The molecule has 0 N–H and O–H groups in total. The van der Waals surface area contributed by atoms with Crippen LogP contribution in [0.4, 0.5) is 8.78 Å². The van der Waals surface area contributed by atoms with Crippen LogP contribution in [0.1, 0.15) is 26.4 Å². The van der Waals surface area contributed by atoms with Gasteiger partial charge in [-0.3, -0.25) is 0 Å². The molecule has 1 heterocycles. The van der Waals surface area contributed by atoms with Crippen molar-refractivity contribution >= 4 is 11.9 Å². The Bertz CT molecular complexity index is 1370. The average molecular weight is 478 g/mol. The summed E-state index contributed by atoms with van der Waals surface area (Å²) in [6, 6.07) is 19.2. The van der Waals surface area contributed by atoms with Crippen LogP contribution in [-0.2, 0) is 16.1 Å². The fourth-order valence-corrected chi connectivity index (χ4v) is 3.47. The Labute approximate surface area is 199 Å². The maximum Gasteiger partial charge on any atom is 0.357 e. The summed E-state index contributed by atoms with van der Waals surface area (Å²) in [4.78, 5) is 25.4. The fourth-order valence-electron chi connectivity index (χ4n) is 3.47. The number of halogens is 2. The Kier molecular flexibility index (Phi) is 6.86. The third-order valence-corrected chi connectivity index (χ3v) is 5.19. The lowest BCUT2D eigenvalue weighted by atomic mass is 10.0. The van der Waals surface area contributed by atoms with Crippen LogP contribution in [0.2, 0.25) is 0 Å². The summed E-state index contributed by atoms with van der Waals surface area (Å²) in [5.74, 6) is -3.77. The van der Waals surface area contributed by atoms with Gasteiger partial charge in [-0.05, 0) is 29.8 Å². The van der Waals surface area contributed by atoms with E-state index in [4.69, 9.17) is 14.2 Å². The van der Waals surface area contributed by atoms with Crippen LogP contribution in [0, 0.1) is 11.6 Å². The van der Waals surface area contributed by atoms with Gasteiger partial charge >= 0.3 is 11.9 Å². The van der Waals surface area contributed by atoms with Crippen molar-refractivity contribution in [3.8, 4) is 22.7 Å². The van der Waals surface area contributed by atoms with E-state index in [1.165, 1.54) is 31.0 Å². The first-order valence-corrected chi connectivity index (χ1v) is 10.5. The molecule has 0 aliphatic carbocycles. The molecule has 0 aliphatic heterocycles. The van der Waals surface area contributed by atoms with E-state index < -0.39 is 23.6 Å². The number of hydrogen-bond acceptors (Lipinski definition) is 6. The maximum atomic E-state index is 13.8. The highest BCUT2D eigenvalue weighted by atomic mass is 19.2. The lowest BCUT2D eigenvalue weighted by molar-refractivity contribution is 0.0549. The maximum absolute atomic E-state index is 13.8. The molecule has 0 atom stereocenters.